The third kappa shape index (κ3) is 8.18. The molecule has 0 saturated carbocycles. The molecule has 1 heterocycles. The van der Waals surface area contributed by atoms with Crippen molar-refractivity contribution in [3.63, 3.8) is 0 Å². The Morgan fingerprint density at radius 2 is 1.74 bits per heavy atom. The Kier molecular flexibility index (Phi) is 10.5. The first-order valence-electron chi connectivity index (χ1n) is 10.6. The first kappa shape index (κ1) is 26.8. The van der Waals surface area contributed by atoms with Crippen molar-refractivity contribution in [2.45, 2.75) is 26.9 Å². The average Bonchev–Trinajstić information content (AvgIpc) is 3.29. The van der Waals surface area contributed by atoms with E-state index in [2.05, 4.69) is 25.9 Å². The van der Waals surface area contributed by atoms with Crippen LogP contribution in [-0.2, 0) is 17.9 Å². The summed E-state index contributed by atoms with van der Waals surface area (Å²) in [6.07, 6.45) is 1.63. The third-order valence-corrected chi connectivity index (χ3v) is 4.69. The molecule has 0 saturated heterocycles. The number of benzene rings is 2. The predicted octanol–water partition coefficient (Wildman–Crippen LogP) is 2.74. The van der Waals surface area contributed by atoms with Gasteiger partial charge in [-0.15, -0.1) is 24.0 Å². The number of nitrogens with one attached hydrogen (secondary N) is 3. The molecule has 0 aliphatic heterocycles. The molecule has 34 heavy (non-hydrogen) atoms. The summed E-state index contributed by atoms with van der Waals surface area (Å²) in [5.41, 5.74) is 9.30. The summed E-state index contributed by atoms with van der Waals surface area (Å²) >= 11 is 0. The van der Waals surface area contributed by atoms with Crippen molar-refractivity contribution in [3.05, 3.63) is 77.2 Å². The molecule has 9 nitrogen and oxygen atoms in total. The lowest BCUT2D eigenvalue weighted by Gasteiger charge is -2.10. The molecule has 3 rings (SSSR count). The van der Waals surface area contributed by atoms with Crippen molar-refractivity contribution >= 4 is 41.8 Å². The maximum absolute atomic E-state index is 12.0. The van der Waals surface area contributed by atoms with Gasteiger partial charge in [0.1, 0.15) is 6.26 Å². The number of carbonyl (C=O) groups is 2. The van der Waals surface area contributed by atoms with E-state index >= 15 is 0 Å². The van der Waals surface area contributed by atoms with Gasteiger partial charge in [0.05, 0.1) is 25.3 Å². The van der Waals surface area contributed by atoms with Crippen molar-refractivity contribution in [1.82, 2.24) is 20.9 Å². The molecule has 0 fully saturated rings. The van der Waals surface area contributed by atoms with Crippen molar-refractivity contribution < 1.29 is 14.0 Å². The van der Waals surface area contributed by atoms with E-state index in [-0.39, 0.29) is 36.4 Å². The maximum atomic E-state index is 12.0. The normalized spacial score (nSPS) is 10.8. The van der Waals surface area contributed by atoms with Gasteiger partial charge in [-0.25, -0.2) is 9.98 Å². The molecule has 0 radical (unpaired) electrons. The van der Waals surface area contributed by atoms with Crippen molar-refractivity contribution in [2.24, 2.45) is 10.7 Å². The molecule has 180 valence electrons. The molecule has 2 aromatic carbocycles. The largest absolute Gasteiger partial charge is 0.444 e. The zero-order valence-electron chi connectivity index (χ0n) is 19.1. The Hall–Kier alpha value is -3.41. The Bertz CT molecular complexity index is 1110. The van der Waals surface area contributed by atoms with Gasteiger partial charge < -0.3 is 26.1 Å². The number of carbonyl (C=O) groups excluding carboxylic acids is 2. The van der Waals surface area contributed by atoms with E-state index in [1.807, 2.05) is 50.2 Å². The van der Waals surface area contributed by atoms with Crippen LogP contribution in [0.1, 0.15) is 34.1 Å². The van der Waals surface area contributed by atoms with Gasteiger partial charge >= 0.3 is 0 Å². The van der Waals surface area contributed by atoms with Gasteiger partial charge in [-0.3, -0.25) is 9.59 Å². The van der Waals surface area contributed by atoms with Crippen LogP contribution in [0.3, 0.4) is 0 Å². The minimum Gasteiger partial charge on any atom is -0.444 e. The number of amides is 2. The van der Waals surface area contributed by atoms with E-state index in [1.165, 1.54) is 5.56 Å². The van der Waals surface area contributed by atoms with Gasteiger partial charge in [-0.05, 0) is 43.7 Å². The van der Waals surface area contributed by atoms with Crippen LogP contribution in [0.25, 0.3) is 11.5 Å². The molecule has 2 amide bonds. The fourth-order valence-electron chi connectivity index (χ4n) is 2.93. The second kappa shape index (κ2) is 13.3. The summed E-state index contributed by atoms with van der Waals surface area (Å²) in [7, 11) is 0. The second-order valence-corrected chi connectivity index (χ2v) is 7.40. The molecule has 10 heteroatoms. The summed E-state index contributed by atoms with van der Waals surface area (Å²) in [6.45, 7) is 5.42. The Labute approximate surface area is 215 Å². The number of hydrogen-bond donors (Lipinski definition) is 4. The number of nitrogens with two attached hydrogens (primary N) is 1. The molecular weight excluding hydrogens is 547 g/mol. The highest BCUT2D eigenvalue weighted by Gasteiger charge is 2.08. The lowest BCUT2D eigenvalue weighted by Crippen LogP contribution is -2.36. The number of nitrogens with zero attached hydrogens (tertiary/aromatic N) is 2. The third-order valence-electron chi connectivity index (χ3n) is 4.69. The fourth-order valence-corrected chi connectivity index (χ4v) is 2.93. The van der Waals surface area contributed by atoms with E-state index in [0.29, 0.717) is 37.0 Å². The highest BCUT2D eigenvalue weighted by molar-refractivity contribution is 14.0. The van der Waals surface area contributed by atoms with Crippen LogP contribution in [0.4, 0.5) is 0 Å². The summed E-state index contributed by atoms with van der Waals surface area (Å²) in [6, 6.07) is 15.0. The SMILES string of the molecule is CCNC(=NCc1ccc(C(=O)NCC(N)=O)cc1)NCc1coc(-c2ccc(C)cc2)n1.I. The van der Waals surface area contributed by atoms with Crippen LogP contribution >= 0.6 is 24.0 Å². The smallest absolute Gasteiger partial charge is 0.251 e. The summed E-state index contributed by atoms with van der Waals surface area (Å²) < 4.78 is 5.60. The number of rotatable bonds is 9. The van der Waals surface area contributed by atoms with Gasteiger partial charge in [-0.2, -0.15) is 0 Å². The highest BCUT2D eigenvalue weighted by Crippen LogP contribution is 2.19. The Morgan fingerprint density at radius 1 is 1.03 bits per heavy atom. The minimum atomic E-state index is -0.588. The molecule has 0 atom stereocenters. The van der Waals surface area contributed by atoms with E-state index in [4.69, 9.17) is 10.2 Å². The van der Waals surface area contributed by atoms with E-state index < -0.39 is 5.91 Å². The molecule has 0 aliphatic rings. The second-order valence-electron chi connectivity index (χ2n) is 7.40. The monoisotopic (exact) mass is 576 g/mol. The van der Waals surface area contributed by atoms with Crippen LogP contribution in [0.5, 0.6) is 0 Å². The predicted molar refractivity (Wildman–Crippen MR) is 142 cm³/mol. The minimum absolute atomic E-state index is 0. The van der Waals surface area contributed by atoms with Gasteiger partial charge in [0, 0.05) is 17.7 Å². The lowest BCUT2D eigenvalue weighted by atomic mass is 10.1. The number of aliphatic imine (C=N–C) groups is 1. The summed E-state index contributed by atoms with van der Waals surface area (Å²) in [5, 5.41) is 8.90. The zero-order valence-corrected chi connectivity index (χ0v) is 21.5. The van der Waals surface area contributed by atoms with Gasteiger partial charge in [0.25, 0.3) is 5.91 Å². The Morgan fingerprint density at radius 3 is 2.38 bits per heavy atom. The zero-order chi connectivity index (χ0) is 23.6. The molecule has 5 N–H and O–H groups in total. The summed E-state index contributed by atoms with van der Waals surface area (Å²) in [5.74, 6) is 0.278. The fraction of sp³-hybridized carbons (Fsp3) is 0.250. The van der Waals surface area contributed by atoms with Gasteiger partial charge in [0.2, 0.25) is 11.8 Å². The van der Waals surface area contributed by atoms with E-state index in [1.54, 1.807) is 18.4 Å². The molecule has 0 spiro atoms. The first-order valence-corrected chi connectivity index (χ1v) is 10.6. The number of primary amides is 1. The number of oxazole rings is 1. The molecule has 0 bridgehead atoms. The van der Waals surface area contributed by atoms with Crippen LogP contribution in [0.15, 0.2) is 64.2 Å². The number of halogens is 1. The van der Waals surface area contributed by atoms with Gasteiger partial charge in [-0.1, -0.05) is 29.8 Å². The molecule has 1 aromatic heterocycles. The number of hydrogen-bond acceptors (Lipinski definition) is 5. The van der Waals surface area contributed by atoms with E-state index in [9.17, 15) is 9.59 Å². The standard InChI is InChI=1S/C24H28N6O3.HI/c1-3-26-24(28-12-17-6-10-18(11-7-17)22(32)27-14-21(25)31)29-13-20-15-33-23(30-20)19-8-4-16(2)5-9-19;/h4-11,15H,3,12-14H2,1-2H3,(H2,25,31)(H,27,32)(H2,26,28,29);1H. The van der Waals surface area contributed by atoms with Gasteiger partial charge in [0.15, 0.2) is 5.96 Å². The van der Waals surface area contributed by atoms with Crippen molar-refractivity contribution in [3.8, 4) is 11.5 Å². The quantitative estimate of drug-likeness (QED) is 0.176. The molecule has 0 unspecified atom stereocenters. The van der Waals surface area contributed by atoms with Crippen LogP contribution < -0.4 is 21.7 Å². The van der Waals surface area contributed by atoms with Crippen LogP contribution in [0, 0.1) is 6.92 Å². The van der Waals surface area contributed by atoms with Crippen molar-refractivity contribution in [2.75, 3.05) is 13.1 Å². The summed E-state index contributed by atoms with van der Waals surface area (Å²) in [4.78, 5) is 31.9. The Balaban J connectivity index is 0.00000408. The number of aromatic nitrogens is 1. The van der Waals surface area contributed by atoms with Crippen LogP contribution in [0.2, 0.25) is 0 Å². The highest BCUT2D eigenvalue weighted by atomic mass is 127. The number of guanidine groups is 1. The van der Waals surface area contributed by atoms with Crippen LogP contribution in [-0.4, -0.2) is 35.8 Å². The average molecular weight is 576 g/mol. The van der Waals surface area contributed by atoms with Crippen molar-refractivity contribution in [1.29, 1.82) is 0 Å². The lowest BCUT2D eigenvalue weighted by molar-refractivity contribution is -0.117. The topological polar surface area (TPSA) is 135 Å². The maximum Gasteiger partial charge on any atom is 0.251 e. The van der Waals surface area contributed by atoms with E-state index in [0.717, 1.165) is 16.8 Å². The molecule has 0 aliphatic carbocycles. The molecular formula is C24H29IN6O3. The number of aryl methyl sites for hydroxylation is 1. The molecule has 3 aromatic rings. The first-order chi connectivity index (χ1) is 15.9.